The van der Waals surface area contributed by atoms with Gasteiger partial charge in [0.25, 0.3) is 0 Å². The molecule has 1 aromatic heterocycles. The van der Waals surface area contributed by atoms with Crippen LogP contribution >= 0.6 is 0 Å². The number of rotatable bonds is 5. The third-order valence-corrected chi connectivity index (χ3v) is 3.41. The number of carbonyl (C=O) groups excluding carboxylic acids is 1. The molecule has 0 aliphatic carbocycles. The maximum atomic E-state index is 11.7. The fourth-order valence-corrected chi connectivity index (χ4v) is 1.95. The minimum absolute atomic E-state index is 0.00129. The van der Waals surface area contributed by atoms with Crippen molar-refractivity contribution >= 4 is 15.9 Å². The van der Waals surface area contributed by atoms with Crippen molar-refractivity contribution in [2.45, 2.75) is 11.4 Å². The number of hydrogen-bond donors (Lipinski definition) is 3. The summed E-state index contributed by atoms with van der Waals surface area (Å²) in [5, 5.41) is 2.31. The number of amides is 1. The molecule has 0 spiro atoms. The molecule has 0 unspecified atom stereocenters. The van der Waals surface area contributed by atoms with Crippen molar-refractivity contribution < 1.29 is 13.2 Å². The highest BCUT2D eigenvalue weighted by Crippen LogP contribution is 2.06. The average molecular weight is 258 g/mol. The third-order valence-electron chi connectivity index (χ3n) is 2.02. The first-order valence-electron chi connectivity index (χ1n) is 4.85. The van der Waals surface area contributed by atoms with Gasteiger partial charge in [-0.05, 0) is 12.1 Å². The summed E-state index contributed by atoms with van der Waals surface area (Å²) >= 11 is 0. The van der Waals surface area contributed by atoms with Gasteiger partial charge in [-0.25, -0.2) is 13.1 Å². The number of pyridine rings is 1. The summed E-state index contributed by atoms with van der Waals surface area (Å²) in [6.45, 7) is -0.0660. The number of nitrogens with one attached hydrogen (secondary N) is 2. The van der Waals surface area contributed by atoms with E-state index in [1.165, 1.54) is 25.4 Å². The van der Waals surface area contributed by atoms with Crippen LogP contribution in [0.4, 0.5) is 0 Å². The number of nitrogens with zero attached hydrogens (tertiary/aromatic N) is 1. The number of carbonyl (C=O) groups is 1. The molecule has 1 amide bonds. The molecule has 0 fully saturated rings. The minimum Gasteiger partial charge on any atom is -0.358 e. The molecule has 0 aromatic carbocycles. The molecule has 0 saturated heterocycles. The van der Waals surface area contributed by atoms with E-state index < -0.39 is 15.9 Å². The molecule has 1 rings (SSSR count). The molecule has 1 heterocycles. The molecule has 0 aliphatic rings. The van der Waals surface area contributed by atoms with Crippen molar-refractivity contribution in [3.05, 3.63) is 24.0 Å². The van der Waals surface area contributed by atoms with E-state index in [-0.39, 0.29) is 18.0 Å². The molecule has 94 valence electrons. The molecule has 0 aliphatic heterocycles. The van der Waals surface area contributed by atoms with Gasteiger partial charge < -0.3 is 11.1 Å². The van der Waals surface area contributed by atoms with Crippen LogP contribution in [-0.4, -0.2) is 32.9 Å². The lowest BCUT2D eigenvalue weighted by atomic mass is 10.4. The van der Waals surface area contributed by atoms with Crippen LogP contribution in [0.3, 0.4) is 0 Å². The molecular weight excluding hydrogens is 244 g/mol. The van der Waals surface area contributed by atoms with Gasteiger partial charge in [0.2, 0.25) is 15.9 Å². The third kappa shape index (κ3) is 3.77. The van der Waals surface area contributed by atoms with Gasteiger partial charge in [-0.1, -0.05) is 0 Å². The number of sulfonamides is 1. The summed E-state index contributed by atoms with van der Waals surface area (Å²) in [7, 11) is -2.28. The van der Waals surface area contributed by atoms with E-state index in [1.807, 2.05) is 0 Å². The lowest BCUT2D eigenvalue weighted by Gasteiger charge is -2.06. The number of nitrogens with two attached hydrogens (primary N) is 1. The zero-order chi connectivity index (χ0) is 12.9. The molecule has 1 aromatic rings. The maximum absolute atomic E-state index is 11.7. The van der Waals surface area contributed by atoms with E-state index in [1.54, 1.807) is 0 Å². The van der Waals surface area contributed by atoms with Crippen LogP contribution in [0.5, 0.6) is 0 Å². The highest BCUT2D eigenvalue weighted by molar-refractivity contribution is 7.89. The normalized spacial score (nSPS) is 11.2. The number of aromatic nitrogens is 1. The van der Waals surface area contributed by atoms with Crippen molar-refractivity contribution in [1.82, 2.24) is 15.0 Å². The predicted molar refractivity (Wildman–Crippen MR) is 61.4 cm³/mol. The summed E-state index contributed by atoms with van der Waals surface area (Å²) < 4.78 is 25.5. The van der Waals surface area contributed by atoms with Gasteiger partial charge in [0.05, 0.1) is 12.2 Å². The van der Waals surface area contributed by atoms with Crippen LogP contribution in [0, 0.1) is 0 Å². The first-order valence-corrected chi connectivity index (χ1v) is 6.33. The Balaban J connectivity index is 2.78. The smallest absolute Gasteiger partial charge is 0.242 e. The van der Waals surface area contributed by atoms with Crippen molar-refractivity contribution in [3.63, 3.8) is 0 Å². The van der Waals surface area contributed by atoms with Gasteiger partial charge in [0, 0.05) is 19.8 Å². The van der Waals surface area contributed by atoms with Crippen molar-refractivity contribution in [3.8, 4) is 0 Å². The summed E-state index contributed by atoms with van der Waals surface area (Å²) in [4.78, 5) is 14.8. The van der Waals surface area contributed by atoms with E-state index >= 15 is 0 Å². The number of hydrogen-bond acceptors (Lipinski definition) is 5. The molecule has 0 bridgehead atoms. The van der Waals surface area contributed by atoms with Gasteiger partial charge in [0.1, 0.15) is 4.90 Å². The Morgan fingerprint density at radius 1 is 1.47 bits per heavy atom. The van der Waals surface area contributed by atoms with Crippen LogP contribution < -0.4 is 15.8 Å². The first-order chi connectivity index (χ1) is 7.99. The van der Waals surface area contributed by atoms with Gasteiger partial charge in [0.15, 0.2) is 0 Å². The topological polar surface area (TPSA) is 114 Å². The average Bonchev–Trinajstić information content (AvgIpc) is 2.36. The largest absolute Gasteiger partial charge is 0.358 e. The van der Waals surface area contributed by atoms with Gasteiger partial charge >= 0.3 is 0 Å². The van der Waals surface area contributed by atoms with Crippen molar-refractivity contribution in [2.75, 3.05) is 13.6 Å². The Morgan fingerprint density at radius 3 is 2.65 bits per heavy atom. The van der Waals surface area contributed by atoms with Gasteiger partial charge in [-0.15, -0.1) is 0 Å². The summed E-state index contributed by atoms with van der Waals surface area (Å²) in [6, 6.07) is 2.91. The van der Waals surface area contributed by atoms with E-state index in [9.17, 15) is 13.2 Å². The van der Waals surface area contributed by atoms with E-state index in [0.29, 0.717) is 5.69 Å². The Hall–Kier alpha value is -1.51. The van der Waals surface area contributed by atoms with Crippen LogP contribution in [0.25, 0.3) is 0 Å². The highest BCUT2D eigenvalue weighted by Gasteiger charge is 2.15. The van der Waals surface area contributed by atoms with Gasteiger partial charge in [-0.3, -0.25) is 9.78 Å². The SMILES string of the molecule is CNC(=O)CNS(=O)(=O)c1ccc(CN)nc1. The second-order valence-corrected chi connectivity index (χ2v) is 4.95. The predicted octanol–water partition coefficient (Wildman–Crippen LogP) is -1.44. The number of likely N-dealkylation sites (N-methyl/N-ethyl adjacent to an activating group) is 1. The highest BCUT2D eigenvalue weighted by atomic mass is 32.2. The fraction of sp³-hybridized carbons (Fsp3) is 0.333. The Labute approximate surface area is 99.5 Å². The molecule has 17 heavy (non-hydrogen) atoms. The molecule has 4 N–H and O–H groups in total. The van der Waals surface area contributed by atoms with Crippen molar-refractivity contribution in [1.29, 1.82) is 0 Å². The Morgan fingerprint density at radius 2 is 2.18 bits per heavy atom. The Kier molecular flexibility index (Phi) is 4.55. The standard InChI is InChI=1S/C9H14N4O3S/c1-11-9(14)6-13-17(15,16)8-3-2-7(4-10)12-5-8/h2-3,5,13H,4,6,10H2,1H3,(H,11,14). The molecular formula is C9H14N4O3S. The van der Waals surface area contributed by atoms with E-state index in [0.717, 1.165) is 0 Å². The summed E-state index contributed by atoms with van der Waals surface area (Å²) in [6.07, 6.45) is 1.20. The fourth-order valence-electron chi connectivity index (χ4n) is 1.02. The van der Waals surface area contributed by atoms with Crippen LogP contribution in [0.15, 0.2) is 23.2 Å². The zero-order valence-corrected chi connectivity index (χ0v) is 10.1. The second-order valence-electron chi connectivity index (χ2n) is 3.19. The molecule has 0 saturated carbocycles. The molecule has 0 atom stereocenters. The quantitative estimate of drug-likeness (QED) is 0.598. The lowest BCUT2D eigenvalue weighted by molar-refractivity contribution is -0.119. The molecule has 0 radical (unpaired) electrons. The van der Waals surface area contributed by atoms with E-state index in [2.05, 4.69) is 15.0 Å². The first kappa shape index (κ1) is 13.6. The van der Waals surface area contributed by atoms with Crippen LogP contribution in [0.2, 0.25) is 0 Å². The summed E-state index contributed by atoms with van der Waals surface area (Å²) in [5.41, 5.74) is 5.94. The summed E-state index contributed by atoms with van der Waals surface area (Å²) in [5.74, 6) is -0.417. The minimum atomic E-state index is -3.70. The van der Waals surface area contributed by atoms with E-state index in [4.69, 9.17) is 5.73 Å². The molecule has 7 nitrogen and oxygen atoms in total. The maximum Gasteiger partial charge on any atom is 0.242 e. The van der Waals surface area contributed by atoms with Gasteiger partial charge in [-0.2, -0.15) is 0 Å². The molecule has 8 heteroatoms. The Bertz CT molecular complexity index is 483. The monoisotopic (exact) mass is 258 g/mol. The van der Waals surface area contributed by atoms with Crippen LogP contribution in [-0.2, 0) is 21.4 Å². The van der Waals surface area contributed by atoms with Crippen LogP contribution in [0.1, 0.15) is 5.69 Å². The second kappa shape index (κ2) is 5.71. The van der Waals surface area contributed by atoms with Crippen molar-refractivity contribution in [2.24, 2.45) is 5.73 Å². The zero-order valence-electron chi connectivity index (χ0n) is 9.30. The lowest BCUT2D eigenvalue weighted by Crippen LogP contribution is -2.35.